The van der Waals surface area contributed by atoms with Crippen LogP contribution in [0.4, 0.5) is 5.69 Å². The number of rotatable bonds is 4. The first kappa shape index (κ1) is 19.2. The van der Waals surface area contributed by atoms with Gasteiger partial charge in [-0.25, -0.2) is 0 Å². The van der Waals surface area contributed by atoms with Gasteiger partial charge in [-0.1, -0.05) is 23.7 Å². The van der Waals surface area contributed by atoms with E-state index in [0.29, 0.717) is 32.9 Å². The van der Waals surface area contributed by atoms with Gasteiger partial charge in [-0.15, -0.1) is 0 Å². The van der Waals surface area contributed by atoms with Crippen LogP contribution in [0.5, 0.6) is 11.5 Å². The van der Waals surface area contributed by atoms with E-state index >= 15 is 0 Å². The average Bonchev–Trinajstić information content (AvgIpc) is 2.90. The lowest BCUT2D eigenvalue weighted by Gasteiger charge is -2.18. The smallest absolute Gasteiger partial charge is 0.281 e. The summed E-state index contributed by atoms with van der Waals surface area (Å²) in [7, 11) is 3.05. The van der Waals surface area contributed by atoms with Gasteiger partial charge in [0.25, 0.3) is 5.91 Å². The van der Waals surface area contributed by atoms with Gasteiger partial charge < -0.3 is 14.8 Å². The number of carbonyl (C=O) groups excluding carboxylic acids is 1. The molecule has 0 radical (unpaired) electrons. The van der Waals surface area contributed by atoms with Gasteiger partial charge in [-0.2, -0.15) is 0 Å². The minimum Gasteiger partial charge on any atom is -0.493 e. The maximum absolute atomic E-state index is 13.0. The number of thiocarbonyl (C=S) groups is 1. The lowest BCUT2D eigenvalue weighted by atomic mass is 10.1. The van der Waals surface area contributed by atoms with Gasteiger partial charge in [-0.05, 0) is 67.0 Å². The molecule has 1 amide bonds. The van der Waals surface area contributed by atoms with Crippen molar-refractivity contribution in [2.45, 2.75) is 13.8 Å². The molecule has 2 aromatic carbocycles. The highest BCUT2D eigenvalue weighted by atomic mass is 35.5. The molecule has 0 aliphatic carbocycles. The van der Waals surface area contributed by atoms with Crippen molar-refractivity contribution in [2.75, 3.05) is 19.1 Å². The van der Waals surface area contributed by atoms with Crippen LogP contribution in [0, 0.1) is 13.8 Å². The van der Waals surface area contributed by atoms with Gasteiger partial charge >= 0.3 is 0 Å². The summed E-state index contributed by atoms with van der Waals surface area (Å²) >= 11 is 11.6. The maximum atomic E-state index is 13.0. The number of nitrogens with zero attached hydrogens (tertiary/aromatic N) is 1. The van der Waals surface area contributed by atoms with Crippen molar-refractivity contribution < 1.29 is 14.3 Å². The highest BCUT2D eigenvalue weighted by Crippen LogP contribution is 2.37. The van der Waals surface area contributed by atoms with Crippen LogP contribution in [0.25, 0.3) is 6.08 Å². The molecule has 0 bridgehead atoms. The molecule has 1 aliphatic heterocycles. The Morgan fingerprint density at radius 2 is 1.93 bits per heavy atom. The molecule has 27 heavy (non-hydrogen) atoms. The normalized spacial score (nSPS) is 15.3. The van der Waals surface area contributed by atoms with E-state index in [1.807, 2.05) is 32.0 Å². The number of halogens is 1. The topological polar surface area (TPSA) is 50.8 Å². The van der Waals surface area contributed by atoms with Crippen LogP contribution in [-0.2, 0) is 4.79 Å². The van der Waals surface area contributed by atoms with E-state index in [0.717, 1.165) is 16.8 Å². The zero-order valence-corrected chi connectivity index (χ0v) is 17.0. The molecule has 0 unspecified atom stereocenters. The quantitative estimate of drug-likeness (QED) is 0.612. The van der Waals surface area contributed by atoms with E-state index in [-0.39, 0.29) is 5.91 Å². The Bertz CT molecular complexity index is 972. The van der Waals surface area contributed by atoms with Crippen LogP contribution in [-0.4, -0.2) is 25.2 Å². The Morgan fingerprint density at radius 3 is 2.59 bits per heavy atom. The van der Waals surface area contributed by atoms with Crippen molar-refractivity contribution >= 4 is 46.6 Å². The average molecular weight is 403 g/mol. The zero-order valence-electron chi connectivity index (χ0n) is 15.4. The highest BCUT2D eigenvalue weighted by molar-refractivity contribution is 7.80. The predicted octanol–water partition coefficient (Wildman–Crippen LogP) is 4.24. The minimum absolute atomic E-state index is 0.223. The van der Waals surface area contributed by atoms with E-state index in [2.05, 4.69) is 5.32 Å². The van der Waals surface area contributed by atoms with Crippen LogP contribution < -0.4 is 19.7 Å². The second-order valence-corrected chi connectivity index (χ2v) is 6.88. The summed E-state index contributed by atoms with van der Waals surface area (Å²) in [6, 6.07) is 9.23. The summed E-state index contributed by atoms with van der Waals surface area (Å²) in [5, 5.41) is 3.72. The van der Waals surface area contributed by atoms with E-state index < -0.39 is 0 Å². The first-order valence-corrected chi connectivity index (χ1v) is 9.01. The summed E-state index contributed by atoms with van der Waals surface area (Å²) in [6.45, 7) is 3.97. The first-order valence-electron chi connectivity index (χ1n) is 8.22. The van der Waals surface area contributed by atoms with Gasteiger partial charge in [0, 0.05) is 0 Å². The Kier molecular flexibility index (Phi) is 5.39. The number of benzene rings is 2. The van der Waals surface area contributed by atoms with Crippen LogP contribution in [0.15, 0.2) is 36.0 Å². The standard InChI is InChI=1S/C20H19ClN2O3S/c1-11-6-5-7-16(12(11)2)23-19(24)15(22-20(23)27)9-13-8-14(21)18(26-4)17(10-13)25-3/h5-10H,1-4H3,(H,22,27)/b15-9-. The molecule has 0 spiro atoms. The molecule has 7 heteroatoms. The molecule has 0 atom stereocenters. The monoisotopic (exact) mass is 402 g/mol. The van der Waals surface area contributed by atoms with Crippen molar-refractivity contribution in [3.05, 3.63) is 57.7 Å². The second-order valence-electron chi connectivity index (χ2n) is 6.09. The molecule has 0 saturated carbocycles. The summed E-state index contributed by atoms with van der Waals surface area (Å²) in [5.74, 6) is 0.704. The Balaban J connectivity index is 2.00. The maximum Gasteiger partial charge on any atom is 0.281 e. The van der Waals surface area contributed by atoms with Gasteiger partial charge in [0.2, 0.25) is 0 Å². The van der Waals surface area contributed by atoms with Crippen molar-refractivity contribution in [2.24, 2.45) is 0 Å². The van der Waals surface area contributed by atoms with Crippen LogP contribution in [0.1, 0.15) is 16.7 Å². The molecule has 0 aromatic heterocycles. The molecule has 3 rings (SSSR count). The number of ether oxygens (including phenoxy) is 2. The second kappa shape index (κ2) is 7.58. The fourth-order valence-corrected chi connectivity index (χ4v) is 3.51. The summed E-state index contributed by atoms with van der Waals surface area (Å²) in [5.41, 5.74) is 3.92. The predicted molar refractivity (Wildman–Crippen MR) is 112 cm³/mol. The largest absolute Gasteiger partial charge is 0.493 e. The number of hydrogen-bond donors (Lipinski definition) is 1. The molecule has 1 fully saturated rings. The minimum atomic E-state index is -0.223. The zero-order chi connectivity index (χ0) is 19.7. The van der Waals surface area contributed by atoms with Gasteiger partial charge in [0.1, 0.15) is 5.70 Å². The molecule has 1 heterocycles. The molecule has 1 N–H and O–H groups in total. The molecular formula is C20H19ClN2O3S. The summed E-state index contributed by atoms with van der Waals surface area (Å²) < 4.78 is 10.5. The highest BCUT2D eigenvalue weighted by Gasteiger charge is 2.33. The van der Waals surface area contributed by atoms with Crippen molar-refractivity contribution in [3.8, 4) is 11.5 Å². The SMILES string of the molecule is COc1cc(/C=C2\NC(=S)N(c3cccc(C)c3C)C2=O)cc(Cl)c1OC. The third-order valence-electron chi connectivity index (χ3n) is 4.46. The summed E-state index contributed by atoms with van der Waals surface area (Å²) in [4.78, 5) is 14.5. The first-order chi connectivity index (χ1) is 12.9. The Hall–Kier alpha value is -2.57. The van der Waals surface area contributed by atoms with Crippen LogP contribution in [0.3, 0.4) is 0 Å². The number of anilines is 1. The molecule has 1 aliphatic rings. The van der Waals surface area contributed by atoms with Crippen LogP contribution >= 0.6 is 23.8 Å². The number of methoxy groups -OCH3 is 2. The number of hydrogen-bond acceptors (Lipinski definition) is 4. The summed E-state index contributed by atoms with van der Waals surface area (Å²) in [6.07, 6.45) is 1.69. The fraction of sp³-hybridized carbons (Fsp3) is 0.200. The number of aryl methyl sites for hydroxylation is 1. The number of carbonyl (C=O) groups is 1. The van der Waals surface area contributed by atoms with E-state index in [1.54, 1.807) is 18.2 Å². The lowest BCUT2D eigenvalue weighted by molar-refractivity contribution is -0.113. The van der Waals surface area contributed by atoms with Gasteiger partial charge in [0.15, 0.2) is 16.6 Å². The number of nitrogens with one attached hydrogen (secondary N) is 1. The lowest BCUT2D eigenvalue weighted by Crippen LogP contribution is -2.31. The van der Waals surface area contributed by atoms with E-state index in [1.165, 1.54) is 19.1 Å². The Morgan fingerprint density at radius 1 is 1.19 bits per heavy atom. The Labute approximate surface area is 168 Å². The number of amides is 1. The third kappa shape index (κ3) is 3.50. The van der Waals surface area contributed by atoms with E-state index in [4.69, 9.17) is 33.3 Å². The fourth-order valence-electron chi connectivity index (χ4n) is 2.92. The van der Waals surface area contributed by atoms with Gasteiger partial charge in [0.05, 0.1) is 24.9 Å². The molecule has 1 saturated heterocycles. The third-order valence-corrected chi connectivity index (χ3v) is 5.03. The van der Waals surface area contributed by atoms with E-state index in [9.17, 15) is 4.79 Å². The van der Waals surface area contributed by atoms with Crippen LogP contribution in [0.2, 0.25) is 5.02 Å². The van der Waals surface area contributed by atoms with Gasteiger partial charge in [-0.3, -0.25) is 9.69 Å². The molecule has 2 aromatic rings. The molecule has 5 nitrogen and oxygen atoms in total. The molecule has 140 valence electrons. The van der Waals surface area contributed by atoms with Crippen molar-refractivity contribution in [3.63, 3.8) is 0 Å². The van der Waals surface area contributed by atoms with Crippen molar-refractivity contribution in [1.29, 1.82) is 0 Å². The molecular weight excluding hydrogens is 384 g/mol. The van der Waals surface area contributed by atoms with Crippen molar-refractivity contribution in [1.82, 2.24) is 5.32 Å².